The van der Waals surface area contributed by atoms with E-state index in [1.807, 2.05) is 0 Å². The third-order valence-corrected chi connectivity index (χ3v) is 10.7. The molecule has 294 valence electrons. The fourth-order valence-corrected chi connectivity index (χ4v) is 7.84. The van der Waals surface area contributed by atoms with Crippen LogP contribution >= 0.6 is 47.0 Å². The van der Waals surface area contributed by atoms with Crippen LogP contribution in [-0.4, -0.2) is 82.9 Å². The predicted octanol–water partition coefficient (Wildman–Crippen LogP) is 3.85. The minimum Gasteiger partial charge on any atom is -0.370 e. The fraction of sp³-hybridized carbons (Fsp3) is 0.333. The molecule has 0 radical (unpaired) electrons. The smallest absolute Gasteiger partial charge is 0.370 e. The van der Waals surface area contributed by atoms with Gasteiger partial charge in [0.2, 0.25) is 0 Å². The molecule has 54 heavy (non-hydrogen) atoms. The second-order valence-corrected chi connectivity index (χ2v) is 15.0. The summed E-state index contributed by atoms with van der Waals surface area (Å²) in [4.78, 5) is 42.2. The summed E-state index contributed by atoms with van der Waals surface area (Å²) in [6, 6.07) is 5.02. The SMILES string of the molecule is NCCSc1cc(SCCN=C(N)N)c(C(F)(F)F)cc1NC(=O)c1cc(C(=O)Nc2cc(C(F)(F)F)c(SCCN=C(N)N)cc2SCCN)ncn1. The number of nitrogens with zero attached hydrogens (tertiary/aromatic N) is 4. The molecule has 1 heterocycles. The lowest BCUT2D eigenvalue weighted by Gasteiger charge is -2.18. The van der Waals surface area contributed by atoms with Gasteiger partial charge < -0.3 is 45.0 Å². The number of benzene rings is 2. The summed E-state index contributed by atoms with van der Waals surface area (Å²) in [6.07, 6.45) is -8.77. The number of halogens is 6. The number of nitrogens with two attached hydrogens (primary N) is 6. The van der Waals surface area contributed by atoms with E-state index in [0.29, 0.717) is 11.5 Å². The largest absolute Gasteiger partial charge is 0.417 e. The number of carbonyl (C=O) groups is 2. The highest BCUT2D eigenvalue weighted by molar-refractivity contribution is 8.00. The van der Waals surface area contributed by atoms with Crippen molar-refractivity contribution in [3.8, 4) is 0 Å². The van der Waals surface area contributed by atoms with Gasteiger partial charge in [0.15, 0.2) is 11.9 Å². The van der Waals surface area contributed by atoms with Crippen LogP contribution in [-0.2, 0) is 12.4 Å². The second kappa shape index (κ2) is 20.5. The fourth-order valence-electron chi connectivity index (χ4n) is 4.22. The highest BCUT2D eigenvalue weighted by atomic mass is 32.2. The lowest BCUT2D eigenvalue weighted by molar-refractivity contribution is -0.140. The highest BCUT2D eigenvalue weighted by Gasteiger charge is 2.36. The molecule has 0 aliphatic rings. The standard InChI is InChI=1S/C30H36F6N12O2S4/c31-29(32,33)15-9-17(23(51-5-1-37)12-21(15)53-7-3-43-27(39)40)47-25(49)19-11-20(46-14-45-19)26(50)48-18-10-16(30(34,35)36)22(13-24(18)52-6-2-38)54-8-4-44-28(41)42/h9-14H,1-8,37-38H2,(H,47,49)(H,48,50)(H4,39,40,43)(H4,41,42,44). The van der Waals surface area contributed by atoms with E-state index in [0.717, 1.165) is 71.6 Å². The Morgan fingerprint density at radius 1 is 0.593 bits per heavy atom. The summed E-state index contributed by atoms with van der Waals surface area (Å²) in [5.41, 5.74) is 29.1. The van der Waals surface area contributed by atoms with Crippen LogP contribution in [0.3, 0.4) is 0 Å². The quantitative estimate of drug-likeness (QED) is 0.0298. The van der Waals surface area contributed by atoms with Crippen LogP contribution in [0.5, 0.6) is 0 Å². The lowest BCUT2D eigenvalue weighted by Crippen LogP contribution is -2.23. The van der Waals surface area contributed by atoms with Crippen molar-refractivity contribution in [2.75, 3.05) is 59.8 Å². The number of rotatable bonds is 18. The van der Waals surface area contributed by atoms with Crippen molar-refractivity contribution < 1.29 is 35.9 Å². The molecule has 0 aliphatic heterocycles. The van der Waals surface area contributed by atoms with Crippen molar-refractivity contribution in [3.63, 3.8) is 0 Å². The topological polar surface area (TPSA) is 265 Å². The van der Waals surface area contributed by atoms with E-state index in [1.165, 1.54) is 12.1 Å². The summed E-state index contributed by atoms with van der Waals surface area (Å²) in [5, 5.41) is 4.82. The minimum atomic E-state index is -4.81. The molecule has 14 N–H and O–H groups in total. The number of anilines is 2. The number of hydrogen-bond acceptors (Lipinski definition) is 12. The van der Waals surface area contributed by atoms with Crippen LogP contribution < -0.4 is 45.0 Å². The van der Waals surface area contributed by atoms with E-state index in [4.69, 9.17) is 34.4 Å². The number of aromatic nitrogens is 2. The molecule has 3 aromatic rings. The van der Waals surface area contributed by atoms with Crippen LogP contribution in [0.1, 0.15) is 32.1 Å². The van der Waals surface area contributed by atoms with Crippen molar-refractivity contribution in [2.45, 2.75) is 31.9 Å². The molecule has 0 unspecified atom stereocenters. The summed E-state index contributed by atoms with van der Waals surface area (Å²) in [7, 11) is 0. The maximum atomic E-state index is 14.2. The monoisotopic (exact) mass is 838 g/mol. The van der Waals surface area contributed by atoms with Crippen LogP contribution in [0.15, 0.2) is 66.2 Å². The number of hydrogen-bond donors (Lipinski definition) is 8. The van der Waals surface area contributed by atoms with Gasteiger partial charge in [-0.15, -0.1) is 47.0 Å². The molecule has 2 amide bonds. The van der Waals surface area contributed by atoms with Crippen LogP contribution in [0.2, 0.25) is 0 Å². The molecule has 1 aromatic heterocycles. The van der Waals surface area contributed by atoms with E-state index >= 15 is 0 Å². The van der Waals surface area contributed by atoms with E-state index < -0.39 is 46.7 Å². The summed E-state index contributed by atoms with van der Waals surface area (Å²) < 4.78 is 85.0. The van der Waals surface area contributed by atoms with Gasteiger partial charge in [-0.05, 0) is 24.3 Å². The molecular formula is C30H36F6N12O2S4. The average molecular weight is 839 g/mol. The molecule has 0 fully saturated rings. The van der Waals surface area contributed by atoms with Gasteiger partial charge in [0.05, 0.1) is 35.6 Å². The molecule has 0 spiro atoms. The Labute approximate surface area is 322 Å². The number of guanidine groups is 2. The summed E-state index contributed by atoms with van der Waals surface area (Å²) >= 11 is 3.92. The Balaban J connectivity index is 1.94. The molecule has 0 bridgehead atoms. The molecule has 0 aliphatic carbocycles. The number of carbonyl (C=O) groups excluding carboxylic acids is 2. The predicted molar refractivity (Wildman–Crippen MR) is 203 cm³/mol. The van der Waals surface area contributed by atoms with Gasteiger partial charge in [-0.2, -0.15) is 26.3 Å². The van der Waals surface area contributed by atoms with E-state index in [9.17, 15) is 35.9 Å². The van der Waals surface area contributed by atoms with Crippen LogP contribution in [0.25, 0.3) is 0 Å². The Morgan fingerprint density at radius 2 is 0.963 bits per heavy atom. The zero-order valence-corrected chi connectivity index (χ0v) is 31.4. The van der Waals surface area contributed by atoms with E-state index in [2.05, 4.69) is 30.6 Å². The molecule has 3 rings (SSSR count). The summed E-state index contributed by atoms with van der Waals surface area (Å²) in [6.45, 7) is 0.463. The normalized spacial score (nSPS) is 11.6. The number of thioether (sulfide) groups is 4. The number of amides is 2. The molecule has 0 saturated carbocycles. The van der Waals surface area contributed by atoms with Gasteiger partial charge in [-0.3, -0.25) is 19.6 Å². The van der Waals surface area contributed by atoms with Crippen molar-refractivity contribution in [3.05, 3.63) is 59.2 Å². The first-order valence-corrected chi connectivity index (χ1v) is 19.4. The zero-order valence-electron chi connectivity index (χ0n) is 28.1. The Morgan fingerprint density at radius 3 is 1.30 bits per heavy atom. The molecule has 2 aromatic carbocycles. The van der Waals surface area contributed by atoms with Crippen molar-refractivity contribution in [1.29, 1.82) is 0 Å². The lowest BCUT2D eigenvalue weighted by atomic mass is 10.1. The van der Waals surface area contributed by atoms with Gasteiger partial charge in [0, 0.05) is 61.7 Å². The Hall–Kier alpha value is -4.10. The van der Waals surface area contributed by atoms with Gasteiger partial charge in [-0.1, -0.05) is 0 Å². The van der Waals surface area contributed by atoms with Gasteiger partial charge >= 0.3 is 12.4 Å². The Kier molecular flexibility index (Phi) is 16.9. The third kappa shape index (κ3) is 13.6. The first-order chi connectivity index (χ1) is 25.4. The van der Waals surface area contributed by atoms with Crippen molar-refractivity contribution in [1.82, 2.24) is 9.97 Å². The molecule has 0 saturated heterocycles. The van der Waals surface area contributed by atoms with Gasteiger partial charge in [-0.25, -0.2) is 9.97 Å². The van der Waals surface area contributed by atoms with E-state index in [1.54, 1.807) is 0 Å². The van der Waals surface area contributed by atoms with Gasteiger partial charge in [0.25, 0.3) is 11.8 Å². The highest BCUT2D eigenvalue weighted by Crippen LogP contribution is 2.44. The van der Waals surface area contributed by atoms with Crippen LogP contribution in [0, 0.1) is 0 Å². The first kappa shape index (κ1) is 44.3. The summed E-state index contributed by atoms with van der Waals surface area (Å²) in [5.74, 6) is -1.59. The third-order valence-electron chi connectivity index (χ3n) is 6.44. The Bertz CT molecular complexity index is 1710. The number of alkyl halides is 6. The minimum absolute atomic E-state index is 0.0568. The second-order valence-electron chi connectivity index (χ2n) is 10.5. The first-order valence-electron chi connectivity index (χ1n) is 15.4. The average Bonchev–Trinajstić information content (AvgIpc) is 3.10. The molecule has 24 heteroatoms. The van der Waals surface area contributed by atoms with Crippen LogP contribution in [0.4, 0.5) is 37.7 Å². The van der Waals surface area contributed by atoms with Gasteiger partial charge in [0.1, 0.15) is 17.7 Å². The maximum Gasteiger partial charge on any atom is 0.417 e. The zero-order chi connectivity index (χ0) is 40.1. The maximum absolute atomic E-state index is 14.2. The molecule has 0 atom stereocenters. The number of nitrogens with one attached hydrogen (secondary N) is 2. The van der Waals surface area contributed by atoms with Crippen molar-refractivity contribution in [2.24, 2.45) is 44.4 Å². The molecular weight excluding hydrogens is 803 g/mol. The van der Waals surface area contributed by atoms with E-state index in [-0.39, 0.29) is 80.6 Å². The number of aliphatic imine (C=N–C) groups is 2. The molecule has 14 nitrogen and oxygen atoms in total. The van der Waals surface area contributed by atoms with Crippen molar-refractivity contribution >= 4 is 82.2 Å².